The SMILES string of the molecule is OC1CCCN(CCNCc2cn[nH]c2-c2ccc(F)cc2)C1. The Morgan fingerprint density at radius 2 is 2.17 bits per heavy atom. The second-order valence-corrected chi connectivity index (χ2v) is 6.05. The van der Waals surface area contributed by atoms with Crippen LogP contribution in [0.1, 0.15) is 18.4 Å². The van der Waals surface area contributed by atoms with Crippen LogP contribution >= 0.6 is 0 Å². The molecule has 1 fully saturated rings. The summed E-state index contributed by atoms with van der Waals surface area (Å²) < 4.78 is 13.0. The van der Waals surface area contributed by atoms with Crippen LogP contribution in [0, 0.1) is 5.82 Å². The zero-order chi connectivity index (χ0) is 16.1. The van der Waals surface area contributed by atoms with Crippen molar-refractivity contribution in [3.05, 3.63) is 41.8 Å². The first-order valence-electron chi connectivity index (χ1n) is 8.11. The van der Waals surface area contributed by atoms with Gasteiger partial charge in [0.25, 0.3) is 0 Å². The lowest BCUT2D eigenvalue weighted by molar-refractivity contribution is 0.0712. The van der Waals surface area contributed by atoms with Crippen molar-refractivity contribution in [1.29, 1.82) is 0 Å². The van der Waals surface area contributed by atoms with Crippen molar-refractivity contribution in [2.24, 2.45) is 0 Å². The number of hydrogen-bond donors (Lipinski definition) is 3. The monoisotopic (exact) mass is 318 g/mol. The average molecular weight is 318 g/mol. The summed E-state index contributed by atoms with van der Waals surface area (Å²) >= 11 is 0. The van der Waals surface area contributed by atoms with E-state index in [4.69, 9.17) is 0 Å². The van der Waals surface area contributed by atoms with Crippen molar-refractivity contribution in [1.82, 2.24) is 20.4 Å². The number of aromatic nitrogens is 2. The van der Waals surface area contributed by atoms with Crippen molar-refractivity contribution in [2.75, 3.05) is 26.2 Å². The molecule has 0 bridgehead atoms. The quantitative estimate of drug-likeness (QED) is 0.710. The van der Waals surface area contributed by atoms with Crippen LogP contribution in [-0.4, -0.2) is 52.5 Å². The summed E-state index contributed by atoms with van der Waals surface area (Å²) in [7, 11) is 0. The van der Waals surface area contributed by atoms with E-state index in [2.05, 4.69) is 20.4 Å². The van der Waals surface area contributed by atoms with Gasteiger partial charge >= 0.3 is 0 Å². The molecule has 1 atom stereocenters. The highest BCUT2D eigenvalue weighted by Crippen LogP contribution is 2.21. The van der Waals surface area contributed by atoms with Gasteiger partial charge in [0, 0.05) is 37.3 Å². The minimum atomic E-state index is -0.239. The van der Waals surface area contributed by atoms with Gasteiger partial charge in [0.15, 0.2) is 0 Å². The molecule has 2 aromatic rings. The van der Waals surface area contributed by atoms with Crippen LogP contribution < -0.4 is 5.32 Å². The topological polar surface area (TPSA) is 64.2 Å². The van der Waals surface area contributed by atoms with E-state index in [0.717, 1.165) is 55.8 Å². The van der Waals surface area contributed by atoms with Gasteiger partial charge in [-0.3, -0.25) is 10.00 Å². The van der Waals surface area contributed by atoms with E-state index >= 15 is 0 Å². The average Bonchev–Trinajstić information content (AvgIpc) is 3.01. The highest BCUT2D eigenvalue weighted by molar-refractivity contribution is 5.62. The predicted octanol–water partition coefficient (Wildman–Crippen LogP) is 1.76. The Bertz CT molecular complexity index is 613. The number of halogens is 1. The Labute approximate surface area is 135 Å². The van der Waals surface area contributed by atoms with Gasteiger partial charge < -0.3 is 10.4 Å². The van der Waals surface area contributed by atoms with Gasteiger partial charge in [-0.15, -0.1) is 0 Å². The van der Waals surface area contributed by atoms with Crippen LogP contribution in [-0.2, 0) is 6.54 Å². The number of aliphatic hydroxyl groups excluding tert-OH is 1. The Morgan fingerprint density at radius 3 is 2.96 bits per heavy atom. The molecule has 0 spiro atoms. The molecule has 1 aromatic carbocycles. The Hall–Kier alpha value is -1.76. The number of benzene rings is 1. The molecule has 0 aliphatic carbocycles. The molecule has 1 aliphatic rings. The first-order valence-corrected chi connectivity index (χ1v) is 8.11. The number of nitrogens with zero attached hydrogens (tertiary/aromatic N) is 2. The molecule has 3 rings (SSSR count). The molecular formula is C17H23FN4O. The number of likely N-dealkylation sites (tertiary alicyclic amines) is 1. The third-order valence-electron chi connectivity index (χ3n) is 4.25. The fourth-order valence-corrected chi connectivity index (χ4v) is 3.01. The number of H-pyrrole nitrogens is 1. The highest BCUT2D eigenvalue weighted by atomic mass is 19.1. The van der Waals surface area contributed by atoms with Crippen molar-refractivity contribution in [3.8, 4) is 11.3 Å². The van der Waals surface area contributed by atoms with Crippen molar-refractivity contribution >= 4 is 0 Å². The van der Waals surface area contributed by atoms with Crippen LogP contribution in [0.15, 0.2) is 30.5 Å². The van der Waals surface area contributed by atoms with Crippen LogP contribution in [0.25, 0.3) is 11.3 Å². The van der Waals surface area contributed by atoms with Gasteiger partial charge in [0.05, 0.1) is 18.0 Å². The van der Waals surface area contributed by atoms with E-state index in [9.17, 15) is 9.50 Å². The van der Waals surface area contributed by atoms with Crippen LogP contribution in [0.2, 0.25) is 0 Å². The molecule has 5 nitrogen and oxygen atoms in total. The zero-order valence-electron chi connectivity index (χ0n) is 13.1. The molecule has 0 amide bonds. The van der Waals surface area contributed by atoms with Crippen molar-refractivity contribution < 1.29 is 9.50 Å². The fourth-order valence-electron chi connectivity index (χ4n) is 3.01. The smallest absolute Gasteiger partial charge is 0.123 e. The molecule has 1 unspecified atom stereocenters. The summed E-state index contributed by atoms with van der Waals surface area (Å²) in [5.41, 5.74) is 2.92. The summed E-state index contributed by atoms with van der Waals surface area (Å²) in [4.78, 5) is 2.29. The maximum Gasteiger partial charge on any atom is 0.123 e. The highest BCUT2D eigenvalue weighted by Gasteiger charge is 2.16. The Morgan fingerprint density at radius 1 is 1.35 bits per heavy atom. The lowest BCUT2D eigenvalue weighted by atomic mass is 10.1. The third-order valence-corrected chi connectivity index (χ3v) is 4.25. The summed E-state index contributed by atoms with van der Waals surface area (Å²) in [6, 6.07) is 6.41. The number of nitrogens with one attached hydrogen (secondary N) is 2. The second kappa shape index (κ2) is 7.68. The van der Waals surface area contributed by atoms with Crippen LogP contribution in [0.3, 0.4) is 0 Å². The van der Waals surface area contributed by atoms with Gasteiger partial charge in [-0.25, -0.2) is 4.39 Å². The molecule has 2 heterocycles. The minimum absolute atomic E-state index is 0.178. The third kappa shape index (κ3) is 4.37. The molecule has 6 heteroatoms. The first-order chi connectivity index (χ1) is 11.2. The van der Waals surface area contributed by atoms with E-state index in [1.807, 2.05) is 0 Å². The molecule has 1 saturated heterocycles. The van der Waals surface area contributed by atoms with Gasteiger partial charge in [-0.05, 0) is 43.7 Å². The standard InChI is InChI=1S/C17H23FN4O/c18-15-5-3-13(4-6-15)17-14(11-20-21-17)10-19-7-9-22-8-1-2-16(23)12-22/h3-6,11,16,19,23H,1-2,7-10,12H2,(H,20,21). The molecule has 124 valence electrons. The molecule has 1 aromatic heterocycles. The Kier molecular flexibility index (Phi) is 5.38. The van der Waals surface area contributed by atoms with E-state index in [-0.39, 0.29) is 11.9 Å². The van der Waals surface area contributed by atoms with Crippen LogP contribution in [0.5, 0.6) is 0 Å². The fraction of sp³-hybridized carbons (Fsp3) is 0.471. The van der Waals surface area contributed by atoms with E-state index in [1.165, 1.54) is 12.1 Å². The lowest BCUT2D eigenvalue weighted by Crippen LogP contribution is -2.41. The van der Waals surface area contributed by atoms with Gasteiger partial charge in [-0.1, -0.05) is 0 Å². The summed E-state index contributed by atoms with van der Waals surface area (Å²) in [6.45, 7) is 4.33. The van der Waals surface area contributed by atoms with E-state index in [0.29, 0.717) is 6.54 Å². The van der Waals surface area contributed by atoms with E-state index in [1.54, 1.807) is 18.3 Å². The molecule has 3 N–H and O–H groups in total. The number of piperidine rings is 1. The Balaban J connectivity index is 1.49. The largest absolute Gasteiger partial charge is 0.392 e. The number of β-amino-alcohol motifs (C(OH)–C–C–N with tert-alkyl or cyclic N) is 1. The molecular weight excluding hydrogens is 295 g/mol. The minimum Gasteiger partial charge on any atom is -0.392 e. The number of aromatic amines is 1. The number of rotatable bonds is 6. The van der Waals surface area contributed by atoms with E-state index < -0.39 is 0 Å². The molecule has 1 aliphatic heterocycles. The summed E-state index contributed by atoms with van der Waals surface area (Å²) in [5, 5.41) is 20.2. The van der Waals surface area contributed by atoms with Gasteiger partial charge in [0.2, 0.25) is 0 Å². The van der Waals surface area contributed by atoms with Crippen LogP contribution in [0.4, 0.5) is 4.39 Å². The molecule has 0 radical (unpaired) electrons. The van der Waals surface area contributed by atoms with Crippen molar-refractivity contribution in [2.45, 2.75) is 25.5 Å². The first kappa shape index (κ1) is 16.1. The second-order valence-electron chi connectivity index (χ2n) is 6.05. The zero-order valence-corrected chi connectivity index (χ0v) is 13.1. The maximum atomic E-state index is 13.0. The summed E-state index contributed by atoms with van der Waals surface area (Å²) in [6.07, 6.45) is 3.61. The maximum absolute atomic E-state index is 13.0. The molecule has 23 heavy (non-hydrogen) atoms. The number of hydrogen-bond acceptors (Lipinski definition) is 4. The number of aliphatic hydroxyl groups is 1. The van der Waals surface area contributed by atoms with Gasteiger partial charge in [-0.2, -0.15) is 5.10 Å². The van der Waals surface area contributed by atoms with Gasteiger partial charge in [0.1, 0.15) is 5.82 Å². The normalized spacial score (nSPS) is 19.1. The molecule has 0 saturated carbocycles. The predicted molar refractivity (Wildman–Crippen MR) is 87.4 cm³/mol. The lowest BCUT2D eigenvalue weighted by Gasteiger charge is -2.29. The summed E-state index contributed by atoms with van der Waals surface area (Å²) in [5.74, 6) is -0.239. The van der Waals surface area contributed by atoms with Crippen molar-refractivity contribution in [3.63, 3.8) is 0 Å².